The molecule has 0 aliphatic carbocycles. The molecular weight excluding hydrogens is 547 g/mol. The second kappa shape index (κ2) is 11.5. The summed E-state index contributed by atoms with van der Waals surface area (Å²) in [6.45, 7) is 2.60. The number of piperazine rings is 1. The van der Waals surface area contributed by atoms with Gasteiger partial charge in [-0.15, -0.1) is 12.6 Å². The van der Waals surface area contributed by atoms with Crippen LogP contribution in [0.5, 0.6) is 0 Å². The average molecular weight is 580 g/mol. The van der Waals surface area contributed by atoms with Crippen LogP contribution in [0.15, 0.2) is 88.7 Å². The van der Waals surface area contributed by atoms with Gasteiger partial charge in [-0.3, -0.25) is 0 Å². The van der Waals surface area contributed by atoms with E-state index in [0.717, 1.165) is 12.5 Å². The third-order valence-corrected chi connectivity index (χ3v) is 9.52. The predicted molar refractivity (Wildman–Crippen MR) is 148 cm³/mol. The summed E-state index contributed by atoms with van der Waals surface area (Å²) in [6.07, 6.45) is -4.82. The van der Waals surface area contributed by atoms with Gasteiger partial charge in [0.1, 0.15) is 0 Å². The minimum Gasteiger partial charge on any atom is -0.376 e. The lowest BCUT2D eigenvalue weighted by atomic mass is 9.95. The maximum Gasteiger partial charge on any atom is 0.421 e. The molecule has 11 heteroatoms. The number of nitrogens with zero attached hydrogens (tertiary/aromatic N) is 3. The third kappa shape index (κ3) is 6.44. The Morgan fingerprint density at radius 3 is 2.21 bits per heavy atom. The Labute approximate surface area is 233 Å². The lowest BCUT2D eigenvalue weighted by molar-refractivity contribution is -0.258. The van der Waals surface area contributed by atoms with Crippen LogP contribution in [-0.2, 0) is 22.2 Å². The SMILES string of the molecule is CN(Cc1ccccc1)C[C@@H]1CN(S(=O)(=O)c2ccccc2S)CCN1c1ccc([C@](C)(O)C(F)(F)F)cc1. The molecule has 0 aromatic heterocycles. The van der Waals surface area contributed by atoms with E-state index in [0.29, 0.717) is 30.2 Å². The summed E-state index contributed by atoms with van der Waals surface area (Å²) >= 11 is 4.35. The first-order chi connectivity index (χ1) is 18.3. The van der Waals surface area contributed by atoms with Crippen molar-refractivity contribution in [1.82, 2.24) is 9.21 Å². The summed E-state index contributed by atoms with van der Waals surface area (Å²) in [7, 11) is -1.86. The highest BCUT2D eigenvalue weighted by Crippen LogP contribution is 2.39. The van der Waals surface area contributed by atoms with Crippen molar-refractivity contribution in [2.24, 2.45) is 0 Å². The summed E-state index contributed by atoms with van der Waals surface area (Å²) in [5.74, 6) is 0. The molecule has 1 fully saturated rings. The first kappa shape index (κ1) is 29.4. The van der Waals surface area contributed by atoms with E-state index < -0.39 is 21.8 Å². The van der Waals surface area contributed by atoms with E-state index in [9.17, 15) is 26.7 Å². The van der Waals surface area contributed by atoms with Crippen molar-refractivity contribution in [3.63, 3.8) is 0 Å². The molecule has 1 N–H and O–H groups in total. The van der Waals surface area contributed by atoms with E-state index >= 15 is 0 Å². The maximum absolute atomic E-state index is 13.5. The number of likely N-dealkylation sites (N-methyl/N-ethyl adjacent to an activating group) is 1. The summed E-state index contributed by atoms with van der Waals surface area (Å²) < 4.78 is 68.6. The zero-order valence-corrected chi connectivity index (χ0v) is 23.4. The van der Waals surface area contributed by atoms with E-state index in [4.69, 9.17) is 0 Å². The molecule has 39 heavy (non-hydrogen) atoms. The zero-order valence-electron chi connectivity index (χ0n) is 21.7. The molecule has 0 amide bonds. The molecule has 1 saturated heterocycles. The summed E-state index contributed by atoms with van der Waals surface area (Å²) in [5.41, 5.74) is -1.48. The Hall–Kier alpha value is -2.57. The minimum atomic E-state index is -4.82. The van der Waals surface area contributed by atoms with Gasteiger partial charge >= 0.3 is 6.18 Å². The molecule has 210 valence electrons. The molecule has 3 aromatic carbocycles. The van der Waals surface area contributed by atoms with Crippen LogP contribution >= 0.6 is 12.6 Å². The molecule has 6 nitrogen and oxygen atoms in total. The fourth-order valence-electron chi connectivity index (χ4n) is 4.82. The van der Waals surface area contributed by atoms with Gasteiger partial charge in [-0.05, 0) is 49.4 Å². The molecule has 0 bridgehead atoms. The fraction of sp³-hybridized carbons (Fsp3) is 0.357. The quantitative estimate of drug-likeness (QED) is 0.377. The molecule has 0 radical (unpaired) electrons. The molecular formula is C28H32F3N3O3S2. The van der Waals surface area contributed by atoms with Crippen molar-refractivity contribution in [3.05, 3.63) is 90.0 Å². The lowest BCUT2D eigenvalue weighted by Crippen LogP contribution is -2.58. The van der Waals surface area contributed by atoms with Crippen LogP contribution in [0.1, 0.15) is 18.1 Å². The molecule has 0 saturated carbocycles. The Balaban J connectivity index is 1.61. The molecule has 1 heterocycles. The zero-order chi connectivity index (χ0) is 28.4. The van der Waals surface area contributed by atoms with Crippen molar-refractivity contribution in [2.75, 3.05) is 38.1 Å². The normalized spacial score (nSPS) is 18.8. The number of thiol groups is 1. The standard InChI is InChI=1S/C28H32F3N3O3S2/c1-27(35,28(29,30)31)22-12-14-23(15-13-22)34-17-16-33(39(36,37)26-11-7-6-10-25(26)38)20-24(34)19-32(2)18-21-8-4-3-5-9-21/h3-15,24,35,38H,16-20H2,1-2H3/t24-,27+/m1/s1. The van der Waals surface area contributed by atoms with Gasteiger partial charge in [-0.2, -0.15) is 17.5 Å². The van der Waals surface area contributed by atoms with Gasteiger partial charge in [0.15, 0.2) is 5.60 Å². The summed E-state index contributed by atoms with van der Waals surface area (Å²) in [5, 5.41) is 10.1. The van der Waals surface area contributed by atoms with Crippen molar-refractivity contribution in [2.45, 2.75) is 41.1 Å². The number of halogens is 3. The van der Waals surface area contributed by atoms with Crippen LogP contribution in [0.25, 0.3) is 0 Å². The predicted octanol–water partition coefficient (Wildman–Crippen LogP) is 4.76. The van der Waals surface area contributed by atoms with Gasteiger partial charge in [0.2, 0.25) is 10.0 Å². The first-order valence-electron chi connectivity index (χ1n) is 12.5. The molecule has 4 rings (SSSR count). The molecule has 1 aliphatic rings. The Morgan fingerprint density at radius 2 is 1.59 bits per heavy atom. The second-order valence-electron chi connectivity index (χ2n) is 9.98. The number of benzene rings is 3. The fourth-order valence-corrected chi connectivity index (χ4v) is 6.87. The maximum atomic E-state index is 13.5. The smallest absolute Gasteiger partial charge is 0.376 e. The minimum absolute atomic E-state index is 0.136. The van der Waals surface area contributed by atoms with Crippen LogP contribution in [-0.4, -0.2) is 68.2 Å². The molecule has 1 aliphatic heterocycles. The van der Waals surface area contributed by atoms with Crippen molar-refractivity contribution in [1.29, 1.82) is 0 Å². The molecule has 3 aromatic rings. The topological polar surface area (TPSA) is 64.1 Å². The Kier molecular flexibility index (Phi) is 8.67. The Bertz CT molecular complexity index is 1370. The van der Waals surface area contributed by atoms with Gasteiger partial charge in [0.05, 0.1) is 10.9 Å². The second-order valence-corrected chi connectivity index (χ2v) is 12.4. The number of alkyl halides is 3. The Morgan fingerprint density at radius 1 is 0.974 bits per heavy atom. The number of aliphatic hydroxyl groups is 1. The summed E-state index contributed by atoms with van der Waals surface area (Å²) in [4.78, 5) is 4.62. The molecule has 0 unspecified atom stereocenters. The van der Waals surface area contributed by atoms with Crippen LogP contribution in [0.2, 0.25) is 0 Å². The van der Waals surface area contributed by atoms with Crippen LogP contribution in [0, 0.1) is 0 Å². The van der Waals surface area contributed by atoms with Crippen LogP contribution in [0.3, 0.4) is 0 Å². The highest BCUT2D eigenvalue weighted by Gasteiger charge is 2.51. The number of anilines is 1. The first-order valence-corrected chi connectivity index (χ1v) is 14.4. The molecule has 2 atom stereocenters. The largest absolute Gasteiger partial charge is 0.421 e. The number of hydrogen-bond acceptors (Lipinski definition) is 6. The van der Waals surface area contributed by atoms with E-state index in [2.05, 4.69) is 17.5 Å². The van der Waals surface area contributed by atoms with E-state index in [1.165, 1.54) is 22.5 Å². The lowest BCUT2D eigenvalue weighted by Gasteiger charge is -2.43. The highest BCUT2D eigenvalue weighted by molar-refractivity contribution is 7.90. The monoisotopic (exact) mass is 579 g/mol. The van der Waals surface area contributed by atoms with E-state index in [1.807, 2.05) is 42.3 Å². The average Bonchev–Trinajstić information content (AvgIpc) is 2.89. The number of hydrogen-bond donors (Lipinski definition) is 2. The van der Waals surface area contributed by atoms with Crippen molar-refractivity contribution < 1.29 is 26.7 Å². The van der Waals surface area contributed by atoms with Crippen molar-refractivity contribution >= 4 is 28.3 Å². The van der Waals surface area contributed by atoms with Gasteiger partial charge < -0.3 is 14.9 Å². The van der Waals surface area contributed by atoms with E-state index in [-0.39, 0.29) is 29.6 Å². The van der Waals surface area contributed by atoms with Gasteiger partial charge in [0.25, 0.3) is 0 Å². The highest BCUT2D eigenvalue weighted by atomic mass is 32.2. The molecule has 0 spiro atoms. The number of sulfonamides is 1. The number of rotatable bonds is 8. The van der Waals surface area contributed by atoms with Crippen LogP contribution < -0.4 is 4.90 Å². The van der Waals surface area contributed by atoms with Gasteiger partial charge in [-0.1, -0.05) is 54.6 Å². The van der Waals surface area contributed by atoms with Crippen molar-refractivity contribution in [3.8, 4) is 0 Å². The van der Waals surface area contributed by atoms with Crippen LogP contribution in [0.4, 0.5) is 18.9 Å². The van der Waals surface area contributed by atoms with E-state index in [1.54, 1.807) is 30.3 Å². The van der Waals surface area contributed by atoms with Gasteiger partial charge in [0, 0.05) is 43.3 Å². The summed E-state index contributed by atoms with van der Waals surface area (Å²) in [6, 6.07) is 21.8. The third-order valence-electron chi connectivity index (χ3n) is 7.06. The van der Waals surface area contributed by atoms with Gasteiger partial charge in [-0.25, -0.2) is 8.42 Å².